The van der Waals surface area contributed by atoms with Gasteiger partial charge in [0, 0.05) is 19.2 Å². The third-order valence-corrected chi connectivity index (χ3v) is 5.19. The minimum absolute atomic E-state index is 0.241. The Morgan fingerprint density at radius 1 is 1.21 bits per heavy atom. The highest BCUT2D eigenvalue weighted by Crippen LogP contribution is 2.36. The van der Waals surface area contributed by atoms with E-state index < -0.39 is 0 Å². The lowest BCUT2D eigenvalue weighted by molar-refractivity contribution is 0.415. The summed E-state index contributed by atoms with van der Waals surface area (Å²) in [6.45, 7) is 4.23. The summed E-state index contributed by atoms with van der Waals surface area (Å²) in [7, 11) is 1.69. The van der Waals surface area contributed by atoms with Crippen molar-refractivity contribution in [2.24, 2.45) is 0 Å². The summed E-state index contributed by atoms with van der Waals surface area (Å²) in [5, 5.41) is 5.63. The van der Waals surface area contributed by atoms with E-state index in [2.05, 4.69) is 68.5 Å². The number of ether oxygens (including phenoxy) is 1. The molecule has 0 aliphatic rings. The second-order valence-corrected chi connectivity index (χ2v) is 7.11. The van der Waals surface area contributed by atoms with Crippen LogP contribution < -0.4 is 10.1 Å². The van der Waals surface area contributed by atoms with E-state index in [1.165, 1.54) is 4.88 Å². The third kappa shape index (κ3) is 3.52. The van der Waals surface area contributed by atoms with Crippen LogP contribution in [-0.4, -0.2) is 7.11 Å². The summed E-state index contributed by atoms with van der Waals surface area (Å²) >= 11 is 8.72. The number of nitrogens with one attached hydrogen (secondary N) is 1. The van der Waals surface area contributed by atoms with Gasteiger partial charge in [-0.25, -0.2) is 0 Å². The molecule has 1 heterocycles. The first-order chi connectivity index (χ1) is 9.01. The second kappa shape index (κ2) is 6.29. The first-order valence-corrected chi connectivity index (χ1v) is 8.32. The smallest absolute Gasteiger partial charge is 0.143 e. The largest absolute Gasteiger partial charge is 0.495 e. The van der Waals surface area contributed by atoms with E-state index in [9.17, 15) is 0 Å². The number of methoxy groups -OCH3 is 1. The van der Waals surface area contributed by atoms with Crippen molar-refractivity contribution in [3.63, 3.8) is 0 Å². The van der Waals surface area contributed by atoms with Crippen molar-refractivity contribution in [1.29, 1.82) is 0 Å². The Labute approximate surface area is 134 Å². The number of hydrogen-bond donors (Lipinski definition) is 1. The lowest BCUT2D eigenvalue weighted by atomic mass is 10.1. The minimum atomic E-state index is 0.241. The van der Waals surface area contributed by atoms with Gasteiger partial charge in [-0.2, -0.15) is 0 Å². The van der Waals surface area contributed by atoms with Gasteiger partial charge in [0.2, 0.25) is 0 Å². The van der Waals surface area contributed by atoms with Crippen LogP contribution in [0.1, 0.15) is 23.4 Å². The van der Waals surface area contributed by atoms with Gasteiger partial charge < -0.3 is 10.1 Å². The molecular weight excluding hydrogens is 390 g/mol. The Morgan fingerprint density at radius 2 is 1.95 bits per heavy atom. The average molecular weight is 405 g/mol. The minimum Gasteiger partial charge on any atom is -0.495 e. The van der Waals surface area contributed by atoms with Crippen molar-refractivity contribution in [3.8, 4) is 5.75 Å². The molecule has 1 aromatic heterocycles. The van der Waals surface area contributed by atoms with E-state index in [0.717, 1.165) is 25.9 Å². The Balaban J connectivity index is 2.28. The Hall–Kier alpha value is -0.520. The van der Waals surface area contributed by atoms with Crippen molar-refractivity contribution in [1.82, 2.24) is 0 Å². The number of thiophene rings is 1. The van der Waals surface area contributed by atoms with Crippen molar-refractivity contribution in [2.75, 3.05) is 12.4 Å². The van der Waals surface area contributed by atoms with Crippen LogP contribution in [0.5, 0.6) is 5.75 Å². The van der Waals surface area contributed by atoms with Crippen LogP contribution in [0.3, 0.4) is 0 Å². The maximum Gasteiger partial charge on any atom is 0.143 e. The predicted molar refractivity (Wildman–Crippen MR) is 89.5 cm³/mol. The van der Waals surface area contributed by atoms with Gasteiger partial charge in [0.25, 0.3) is 0 Å². The molecule has 5 heteroatoms. The first kappa shape index (κ1) is 14.9. The summed E-state index contributed by atoms with van der Waals surface area (Å²) in [6.07, 6.45) is 0. The number of hydrogen-bond acceptors (Lipinski definition) is 3. The highest BCUT2D eigenvalue weighted by atomic mass is 79.9. The summed E-state index contributed by atoms with van der Waals surface area (Å²) < 4.78 is 7.60. The van der Waals surface area contributed by atoms with Gasteiger partial charge in [0.1, 0.15) is 5.75 Å². The third-order valence-electron chi connectivity index (χ3n) is 2.86. The zero-order valence-corrected chi connectivity index (χ0v) is 14.9. The van der Waals surface area contributed by atoms with Gasteiger partial charge in [0.05, 0.1) is 18.8 Å². The molecule has 0 radical (unpaired) electrons. The molecule has 2 nitrogen and oxygen atoms in total. The summed E-state index contributed by atoms with van der Waals surface area (Å²) in [5.41, 5.74) is 2.21. The van der Waals surface area contributed by atoms with Crippen molar-refractivity contribution < 1.29 is 4.74 Å². The normalized spacial score (nSPS) is 12.3. The molecule has 1 atom stereocenters. The second-order valence-electron chi connectivity index (χ2n) is 4.33. The Morgan fingerprint density at radius 3 is 2.53 bits per heavy atom. The van der Waals surface area contributed by atoms with E-state index in [-0.39, 0.29) is 6.04 Å². The standard InChI is InChI=1S/C14H15Br2NOS/c1-8-4-10(15)5-12(18-3)14(8)17-9(2)13-6-11(16)7-19-13/h4-7,9,17H,1-3H3. The molecule has 0 bridgehead atoms. The summed E-state index contributed by atoms with van der Waals surface area (Å²) in [4.78, 5) is 1.29. The maximum absolute atomic E-state index is 5.45. The molecular formula is C14H15Br2NOS. The summed E-state index contributed by atoms with van der Waals surface area (Å²) in [5.74, 6) is 0.856. The number of rotatable bonds is 4. The van der Waals surface area contributed by atoms with Gasteiger partial charge in [0.15, 0.2) is 0 Å². The highest BCUT2D eigenvalue weighted by Gasteiger charge is 2.13. The highest BCUT2D eigenvalue weighted by molar-refractivity contribution is 9.10. The van der Waals surface area contributed by atoms with E-state index in [4.69, 9.17) is 4.74 Å². The molecule has 1 aromatic carbocycles. The lowest BCUT2D eigenvalue weighted by Crippen LogP contribution is -2.07. The molecule has 0 fully saturated rings. The van der Waals surface area contributed by atoms with Crippen molar-refractivity contribution in [3.05, 3.63) is 43.0 Å². The average Bonchev–Trinajstić information content (AvgIpc) is 2.78. The molecule has 2 rings (SSSR count). The van der Waals surface area contributed by atoms with Crippen LogP contribution in [0.15, 0.2) is 32.5 Å². The number of benzene rings is 1. The van der Waals surface area contributed by atoms with Gasteiger partial charge >= 0.3 is 0 Å². The SMILES string of the molecule is COc1cc(Br)cc(C)c1NC(C)c1cc(Br)cs1. The van der Waals surface area contributed by atoms with Gasteiger partial charge in [-0.3, -0.25) is 0 Å². The molecule has 0 spiro atoms. The van der Waals surface area contributed by atoms with Crippen LogP contribution in [0, 0.1) is 6.92 Å². The zero-order chi connectivity index (χ0) is 14.0. The topological polar surface area (TPSA) is 21.3 Å². The van der Waals surface area contributed by atoms with Crippen LogP contribution >= 0.6 is 43.2 Å². The number of halogens is 2. The molecule has 0 saturated heterocycles. The Bertz CT molecular complexity index is 583. The predicted octanol–water partition coefficient (Wildman–Crippen LogP) is 5.76. The molecule has 0 amide bonds. The zero-order valence-electron chi connectivity index (χ0n) is 11.0. The van der Waals surface area contributed by atoms with Crippen molar-refractivity contribution >= 4 is 48.9 Å². The van der Waals surface area contributed by atoms with Crippen LogP contribution in [0.4, 0.5) is 5.69 Å². The van der Waals surface area contributed by atoms with E-state index >= 15 is 0 Å². The number of aryl methyl sites for hydroxylation is 1. The van der Waals surface area contributed by atoms with E-state index in [1.807, 2.05) is 6.07 Å². The molecule has 0 aliphatic heterocycles. The summed E-state index contributed by atoms with van der Waals surface area (Å²) in [6, 6.07) is 6.45. The number of anilines is 1. The fourth-order valence-corrected chi connectivity index (χ4v) is 3.91. The molecule has 19 heavy (non-hydrogen) atoms. The maximum atomic E-state index is 5.45. The molecule has 1 N–H and O–H groups in total. The van der Waals surface area contributed by atoms with Crippen LogP contribution in [0.25, 0.3) is 0 Å². The first-order valence-electron chi connectivity index (χ1n) is 5.86. The molecule has 2 aromatic rings. The van der Waals surface area contributed by atoms with Crippen LogP contribution in [-0.2, 0) is 0 Å². The molecule has 102 valence electrons. The lowest BCUT2D eigenvalue weighted by Gasteiger charge is -2.19. The molecule has 1 unspecified atom stereocenters. The van der Waals surface area contributed by atoms with Crippen LogP contribution in [0.2, 0.25) is 0 Å². The van der Waals surface area contributed by atoms with Gasteiger partial charge in [-0.1, -0.05) is 15.9 Å². The van der Waals surface area contributed by atoms with Crippen molar-refractivity contribution in [2.45, 2.75) is 19.9 Å². The molecule has 0 aliphatic carbocycles. The quantitative estimate of drug-likeness (QED) is 0.698. The monoisotopic (exact) mass is 403 g/mol. The van der Waals surface area contributed by atoms with Gasteiger partial charge in [-0.05, 0) is 53.5 Å². The van der Waals surface area contributed by atoms with Gasteiger partial charge in [-0.15, -0.1) is 11.3 Å². The van der Waals surface area contributed by atoms with E-state index in [0.29, 0.717) is 0 Å². The Kier molecular flexibility index (Phi) is 4.92. The fourth-order valence-electron chi connectivity index (χ4n) is 1.90. The fraction of sp³-hybridized carbons (Fsp3) is 0.286. The molecule has 0 saturated carbocycles. The van der Waals surface area contributed by atoms with E-state index in [1.54, 1.807) is 18.4 Å².